The van der Waals surface area contributed by atoms with Gasteiger partial charge in [0, 0.05) is 6.04 Å². The van der Waals surface area contributed by atoms with E-state index in [1.54, 1.807) is 12.1 Å². The number of aryl methyl sites for hydroxylation is 1. The first-order valence-corrected chi connectivity index (χ1v) is 5.12. The average Bonchev–Trinajstić information content (AvgIpc) is 2.19. The minimum Gasteiger partial charge on any atom is -0.317 e. The summed E-state index contributed by atoms with van der Waals surface area (Å²) >= 11 is 5.67. The Morgan fingerprint density at radius 3 is 2.79 bits per heavy atom. The van der Waals surface area contributed by atoms with E-state index in [1.807, 2.05) is 7.05 Å². The highest BCUT2D eigenvalue weighted by Gasteiger charge is 2.02. The molecule has 0 aliphatic heterocycles. The fraction of sp³-hybridized carbons (Fsp3) is 0.455. The first-order chi connectivity index (χ1) is 6.63. The van der Waals surface area contributed by atoms with Gasteiger partial charge >= 0.3 is 0 Å². The molecule has 0 saturated heterocycles. The fourth-order valence-electron chi connectivity index (χ4n) is 1.22. The Labute approximate surface area is 89.3 Å². The summed E-state index contributed by atoms with van der Waals surface area (Å²) in [5, 5.41) is 3.36. The second-order valence-electron chi connectivity index (χ2n) is 3.48. The molecular formula is C11H15ClFN. The topological polar surface area (TPSA) is 12.0 Å². The molecule has 0 aliphatic rings. The van der Waals surface area contributed by atoms with Crippen molar-refractivity contribution < 1.29 is 4.39 Å². The van der Waals surface area contributed by atoms with Crippen molar-refractivity contribution in [1.82, 2.24) is 5.32 Å². The second kappa shape index (κ2) is 5.32. The molecule has 1 aromatic carbocycles. The van der Waals surface area contributed by atoms with Gasteiger partial charge in [-0.2, -0.15) is 0 Å². The maximum atomic E-state index is 12.8. The Morgan fingerprint density at radius 2 is 2.21 bits per heavy atom. The maximum Gasteiger partial charge on any atom is 0.141 e. The van der Waals surface area contributed by atoms with Crippen molar-refractivity contribution >= 4 is 11.6 Å². The number of benzene rings is 1. The number of rotatable bonds is 4. The van der Waals surface area contributed by atoms with Crippen molar-refractivity contribution in [2.45, 2.75) is 25.8 Å². The molecule has 78 valence electrons. The lowest BCUT2D eigenvalue weighted by atomic mass is 10.1. The van der Waals surface area contributed by atoms with E-state index in [0.29, 0.717) is 6.04 Å². The van der Waals surface area contributed by atoms with Gasteiger partial charge in [-0.25, -0.2) is 4.39 Å². The SMILES string of the molecule is CNC(C)CCc1ccc(F)c(Cl)c1. The van der Waals surface area contributed by atoms with Crippen LogP contribution in [0.25, 0.3) is 0 Å². The van der Waals surface area contributed by atoms with Gasteiger partial charge in [-0.1, -0.05) is 17.7 Å². The molecule has 0 aromatic heterocycles. The minimum absolute atomic E-state index is 0.208. The molecule has 1 nitrogen and oxygen atoms in total. The summed E-state index contributed by atoms with van der Waals surface area (Å²) in [6.07, 6.45) is 1.94. The van der Waals surface area contributed by atoms with Gasteiger partial charge in [-0.05, 0) is 44.5 Å². The van der Waals surface area contributed by atoms with Crippen LogP contribution in [0.2, 0.25) is 5.02 Å². The molecule has 1 unspecified atom stereocenters. The highest BCUT2D eigenvalue weighted by Crippen LogP contribution is 2.17. The summed E-state index contributed by atoms with van der Waals surface area (Å²) in [6.45, 7) is 2.12. The highest BCUT2D eigenvalue weighted by atomic mass is 35.5. The molecule has 0 radical (unpaired) electrons. The minimum atomic E-state index is -0.350. The first kappa shape index (κ1) is 11.5. The molecule has 0 heterocycles. The lowest BCUT2D eigenvalue weighted by Crippen LogP contribution is -2.21. The zero-order valence-electron chi connectivity index (χ0n) is 8.48. The largest absolute Gasteiger partial charge is 0.317 e. The molecule has 3 heteroatoms. The monoisotopic (exact) mass is 215 g/mol. The van der Waals surface area contributed by atoms with Crippen molar-refractivity contribution in [2.24, 2.45) is 0 Å². The molecule has 0 bridgehead atoms. The van der Waals surface area contributed by atoms with Crippen LogP contribution in [0, 0.1) is 5.82 Å². The van der Waals surface area contributed by atoms with Gasteiger partial charge in [0.2, 0.25) is 0 Å². The van der Waals surface area contributed by atoms with Gasteiger partial charge in [0.15, 0.2) is 0 Å². The Hall–Kier alpha value is -0.600. The van der Waals surface area contributed by atoms with E-state index >= 15 is 0 Å². The third-order valence-electron chi connectivity index (χ3n) is 2.34. The summed E-state index contributed by atoms with van der Waals surface area (Å²) in [5.41, 5.74) is 1.08. The Balaban J connectivity index is 2.55. The first-order valence-electron chi connectivity index (χ1n) is 4.74. The third-order valence-corrected chi connectivity index (χ3v) is 2.63. The van der Waals surface area contributed by atoms with E-state index < -0.39 is 0 Å². The van der Waals surface area contributed by atoms with Crippen LogP contribution in [0.1, 0.15) is 18.9 Å². The van der Waals surface area contributed by atoms with Gasteiger partial charge in [-0.3, -0.25) is 0 Å². The van der Waals surface area contributed by atoms with E-state index in [2.05, 4.69) is 12.2 Å². The summed E-state index contributed by atoms with van der Waals surface area (Å²) in [5.74, 6) is -0.350. The van der Waals surface area contributed by atoms with Crippen LogP contribution < -0.4 is 5.32 Å². The fourth-order valence-corrected chi connectivity index (χ4v) is 1.43. The number of halogens is 2. The molecule has 0 aliphatic carbocycles. The molecule has 1 N–H and O–H groups in total. The van der Waals surface area contributed by atoms with Crippen molar-refractivity contribution in [1.29, 1.82) is 0 Å². The van der Waals surface area contributed by atoms with Gasteiger partial charge in [0.05, 0.1) is 5.02 Å². The predicted molar refractivity (Wildman–Crippen MR) is 58.3 cm³/mol. The van der Waals surface area contributed by atoms with Gasteiger partial charge in [-0.15, -0.1) is 0 Å². The Morgan fingerprint density at radius 1 is 1.50 bits per heavy atom. The van der Waals surface area contributed by atoms with Crippen LogP contribution >= 0.6 is 11.6 Å². The van der Waals surface area contributed by atoms with E-state index in [9.17, 15) is 4.39 Å². The molecular weight excluding hydrogens is 201 g/mol. The Bertz CT molecular complexity index is 301. The summed E-state index contributed by atoms with van der Waals surface area (Å²) in [7, 11) is 1.93. The molecule has 0 spiro atoms. The van der Waals surface area contributed by atoms with Crippen molar-refractivity contribution in [2.75, 3.05) is 7.05 Å². The zero-order chi connectivity index (χ0) is 10.6. The summed E-state index contributed by atoms with van der Waals surface area (Å²) in [6, 6.07) is 5.36. The maximum absolute atomic E-state index is 12.8. The standard InChI is InChI=1S/C11H15ClFN/c1-8(14-2)3-4-9-5-6-11(13)10(12)7-9/h5-8,14H,3-4H2,1-2H3. The van der Waals surface area contributed by atoms with Crippen molar-refractivity contribution in [3.8, 4) is 0 Å². The Kier molecular flexibility index (Phi) is 4.36. The second-order valence-corrected chi connectivity index (χ2v) is 3.88. The van der Waals surface area contributed by atoms with Gasteiger partial charge in [0.1, 0.15) is 5.82 Å². The lowest BCUT2D eigenvalue weighted by molar-refractivity contribution is 0.564. The van der Waals surface area contributed by atoms with Crippen LogP contribution in [-0.2, 0) is 6.42 Å². The molecule has 1 aromatic rings. The van der Waals surface area contributed by atoms with Crippen LogP contribution in [0.3, 0.4) is 0 Å². The number of hydrogen-bond acceptors (Lipinski definition) is 1. The molecule has 0 saturated carbocycles. The quantitative estimate of drug-likeness (QED) is 0.814. The number of hydrogen-bond donors (Lipinski definition) is 1. The summed E-state index contributed by atoms with van der Waals surface area (Å²) in [4.78, 5) is 0. The average molecular weight is 216 g/mol. The normalized spacial score (nSPS) is 12.9. The van der Waals surface area contributed by atoms with E-state index in [0.717, 1.165) is 18.4 Å². The lowest BCUT2D eigenvalue weighted by Gasteiger charge is -2.09. The molecule has 1 rings (SSSR count). The van der Waals surface area contributed by atoms with E-state index in [1.165, 1.54) is 6.07 Å². The van der Waals surface area contributed by atoms with E-state index in [4.69, 9.17) is 11.6 Å². The third kappa shape index (κ3) is 3.28. The van der Waals surface area contributed by atoms with Crippen LogP contribution in [0.15, 0.2) is 18.2 Å². The van der Waals surface area contributed by atoms with Crippen LogP contribution in [0.4, 0.5) is 4.39 Å². The van der Waals surface area contributed by atoms with Crippen molar-refractivity contribution in [3.05, 3.63) is 34.6 Å². The van der Waals surface area contributed by atoms with Crippen LogP contribution in [0.5, 0.6) is 0 Å². The van der Waals surface area contributed by atoms with Crippen molar-refractivity contribution in [3.63, 3.8) is 0 Å². The zero-order valence-corrected chi connectivity index (χ0v) is 9.24. The summed E-state index contributed by atoms with van der Waals surface area (Å²) < 4.78 is 12.8. The molecule has 14 heavy (non-hydrogen) atoms. The molecule has 0 amide bonds. The van der Waals surface area contributed by atoms with Gasteiger partial charge in [0.25, 0.3) is 0 Å². The van der Waals surface area contributed by atoms with Crippen LogP contribution in [-0.4, -0.2) is 13.1 Å². The highest BCUT2D eigenvalue weighted by molar-refractivity contribution is 6.30. The van der Waals surface area contributed by atoms with Gasteiger partial charge < -0.3 is 5.32 Å². The van der Waals surface area contributed by atoms with E-state index in [-0.39, 0.29) is 10.8 Å². The smallest absolute Gasteiger partial charge is 0.141 e. The number of nitrogens with one attached hydrogen (secondary N) is 1. The molecule has 1 atom stereocenters. The predicted octanol–water partition coefficient (Wildman–Crippen LogP) is 3.02. The molecule has 0 fully saturated rings.